The number of nitrogens with zero attached hydrogens (tertiary/aromatic N) is 3. The molecule has 1 aromatic heterocycles. The highest BCUT2D eigenvalue weighted by Gasteiger charge is 2.21. The van der Waals surface area contributed by atoms with Crippen molar-refractivity contribution in [3.63, 3.8) is 0 Å². The molecular formula is C23H26N4O2S. The molecule has 30 heavy (non-hydrogen) atoms. The summed E-state index contributed by atoms with van der Waals surface area (Å²) in [6, 6.07) is 18.1. The lowest BCUT2D eigenvalue weighted by atomic mass is 10.2. The van der Waals surface area contributed by atoms with Gasteiger partial charge in [0.05, 0.1) is 12.3 Å². The van der Waals surface area contributed by atoms with Crippen LogP contribution in [-0.4, -0.2) is 32.6 Å². The second-order valence-electron chi connectivity index (χ2n) is 7.42. The number of carbonyl (C=O) groups excluding carboxylic acids is 1. The highest BCUT2D eigenvalue weighted by atomic mass is 32.2. The molecule has 3 aromatic rings. The summed E-state index contributed by atoms with van der Waals surface area (Å²) >= 11 is 1.37. The number of aromatic nitrogens is 3. The van der Waals surface area contributed by atoms with Gasteiger partial charge in [-0.2, -0.15) is 0 Å². The van der Waals surface area contributed by atoms with Crippen LogP contribution in [0.25, 0.3) is 5.69 Å². The van der Waals surface area contributed by atoms with Crippen LogP contribution in [0.4, 0.5) is 5.69 Å². The van der Waals surface area contributed by atoms with Gasteiger partial charge in [0.25, 0.3) is 0 Å². The molecule has 0 radical (unpaired) electrons. The van der Waals surface area contributed by atoms with Crippen molar-refractivity contribution in [1.29, 1.82) is 0 Å². The van der Waals surface area contributed by atoms with Crippen LogP contribution < -0.4 is 5.32 Å². The minimum Gasteiger partial charge on any atom is -0.462 e. The molecule has 156 valence electrons. The summed E-state index contributed by atoms with van der Waals surface area (Å²) in [6.45, 7) is 2.60. The van der Waals surface area contributed by atoms with Crippen molar-refractivity contribution >= 4 is 23.4 Å². The summed E-state index contributed by atoms with van der Waals surface area (Å²) < 4.78 is 7.57. The van der Waals surface area contributed by atoms with E-state index in [1.165, 1.54) is 17.3 Å². The molecule has 0 amide bonds. The van der Waals surface area contributed by atoms with Crippen LogP contribution in [0.3, 0.4) is 0 Å². The molecule has 0 aliphatic heterocycles. The van der Waals surface area contributed by atoms with E-state index >= 15 is 0 Å². The topological polar surface area (TPSA) is 69.0 Å². The number of hydrogen-bond donors (Lipinski definition) is 1. The zero-order chi connectivity index (χ0) is 20.8. The number of esters is 1. The lowest BCUT2D eigenvalue weighted by Gasteiger charge is -2.13. The number of benzene rings is 2. The fourth-order valence-corrected chi connectivity index (χ4v) is 4.39. The summed E-state index contributed by atoms with van der Waals surface area (Å²) in [4.78, 5) is 12.3. The van der Waals surface area contributed by atoms with Crippen LogP contribution in [0.1, 0.15) is 37.1 Å². The molecule has 0 spiro atoms. The third-order valence-corrected chi connectivity index (χ3v) is 6.12. The van der Waals surface area contributed by atoms with Crippen LogP contribution in [0.2, 0.25) is 0 Å². The molecule has 1 fully saturated rings. The summed E-state index contributed by atoms with van der Waals surface area (Å²) in [7, 11) is 0. The Kier molecular flexibility index (Phi) is 6.69. The lowest BCUT2D eigenvalue weighted by Crippen LogP contribution is -2.16. The first kappa shape index (κ1) is 20.5. The van der Waals surface area contributed by atoms with Crippen LogP contribution in [0, 0.1) is 6.92 Å². The molecule has 7 heteroatoms. The third-order valence-electron chi connectivity index (χ3n) is 5.22. The Morgan fingerprint density at radius 2 is 1.83 bits per heavy atom. The van der Waals surface area contributed by atoms with E-state index in [1.54, 1.807) is 0 Å². The number of anilines is 1. The number of carbonyl (C=O) groups is 1. The third kappa shape index (κ3) is 5.02. The maximum Gasteiger partial charge on any atom is 0.316 e. The first-order valence-corrected chi connectivity index (χ1v) is 11.3. The number of hydrogen-bond acceptors (Lipinski definition) is 6. The molecule has 0 atom stereocenters. The smallest absolute Gasteiger partial charge is 0.316 e. The van der Waals surface area contributed by atoms with Gasteiger partial charge >= 0.3 is 5.97 Å². The summed E-state index contributed by atoms with van der Waals surface area (Å²) in [5.74, 6) is 0.831. The molecule has 1 aliphatic carbocycles. The normalized spacial score (nSPS) is 14.0. The molecule has 4 rings (SSSR count). The van der Waals surface area contributed by atoms with Gasteiger partial charge in [-0.1, -0.05) is 48.2 Å². The zero-order valence-electron chi connectivity index (χ0n) is 17.1. The van der Waals surface area contributed by atoms with E-state index in [0.717, 1.165) is 42.9 Å². The molecule has 0 saturated heterocycles. The molecule has 1 aliphatic rings. The average Bonchev–Trinajstić information content (AvgIpc) is 3.42. The summed E-state index contributed by atoms with van der Waals surface area (Å²) in [5, 5.41) is 12.9. The molecule has 6 nitrogen and oxygen atoms in total. The lowest BCUT2D eigenvalue weighted by molar-refractivity contribution is -0.145. The predicted octanol–water partition coefficient (Wildman–Crippen LogP) is 4.77. The number of rotatable bonds is 8. The second-order valence-corrected chi connectivity index (χ2v) is 8.37. The van der Waals surface area contributed by atoms with Gasteiger partial charge in [0, 0.05) is 11.4 Å². The first-order chi connectivity index (χ1) is 14.7. The van der Waals surface area contributed by atoms with E-state index in [9.17, 15) is 4.79 Å². The molecule has 2 aromatic carbocycles. The minimum atomic E-state index is -0.186. The number of aryl methyl sites for hydroxylation is 1. The first-order valence-electron chi connectivity index (χ1n) is 10.3. The average molecular weight is 423 g/mol. The van der Waals surface area contributed by atoms with Crippen LogP contribution >= 0.6 is 11.8 Å². The Labute approximate surface area is 181 Å². The van der Waals surface area contributed by atoms with Gasteiger partial charge in [-0.3, -0.25) is 9.36 Å². The monoisotopic (exact) mass is 422 g/mol. The number of nitrogens with one attached hydrogen (secondary N) is 1. The van der Waals surface area contributed by atoms with E-state index in [-0.39, 0.29) is 17.8 Å². The summed E-state index contributed by atoms with van der Waals surface area (Å²) in [5.41, 5.74) is 3.21. The van der Waals surface area contributed by atoms with E-state index in [1.807, 2.05) is 53.1 Å². The van der Waals surface area contributed by atoms with Gasteiger partial charge < -0.3 is 10.1 Å². The highest BCUT2D eigenvalue weighted by Crippen LogP contribution is 2.25. The van der Waals surface area contributed by atoms with E-state index in [0.29, 0.717) is 11.7 Å². The van der Waals surface area contributed by atoms with Gasteiger partial charge in [0.2, 0.25) is 0 Å². The zero-order valence-corrected chi connectivity index (χ0v) is 17.9. The maximum absolute atomic E-state index is 12.3. The van der Waals surface area contributed by atoms with E-state index in [2.05, 4.69) is 28.5 Å². The van der Waals surface area contributed by atoms with Crippen molar-refractivity contribution in [2.24, 2.45) is 0 Å². The Morgan fingerprint density at radius 1 is 1.10 bits per heavy atom. The van der Waals surface area contributed by atoms with Crippen LogP contribution in [-0.2, 0) is 16.1 Å². The highest BCUT2D eigenvalue weighted by molar-refractivity contribution is 7.99. The quantitative estimate of drug-likeness (QED) is 0.417. The van der Waals surface area contributed by atoms with Gasteiger partial charge in [-0.15, -0.1) is 10.2 Å². The Hall–Kier alpha value is -2.80. The van der Waals surface area contributed by atoms with Gasteiger partial charge in [0.15, 0.2) is 11.0 Å². The summed E-state index contributed by atoms with van der Waals surface area (Å²) in [6.07, 6.45) is 4.32. The molecule has 0 bridgehead atoms. The standard InChI is InChI=1S/C23H26N4O2S/c1-17-9-5-8-14-20(17)24-15-21-25-26-23(27(21)18-10-3-2-4-11-18)30-16-22(28)29-19-12-6-7-13-19/h2-5,8-11,14,19,24H,6-7,12-13,15-16H2,1H3. The Bertz CT molecular complexity index is 984. The maximum atomic E-state index is 12.3. The van der Waals surface area contributed by atoms with Crippen molar-refractivity contribution in [2.45, 2.75) is 50.4 Å². The van der Waals surface area contributed by atoms with Crippen molar-refractivity contribution in [3.05, 3.63) is 66.0 Å². The second kappa shape index (κ2) is 9.80. The van der Waals surface area contributed by atoms with Gasteiger partial charge in [-0.25, -0.2) is 0 Å². The van der Waals surface area contributed by atoms with E-state index < -0.39 is 0 Å². The SMILES string of the molecule is Cc1ccccc1NCc1nnc(SCC(=O)OC2CCCC2)n1-c1ccccc1. The fourth-order valence-electron chi connectivity index (χ4n) is 3.64. The van der Waals surface area contributed by atoms with Crippen molar-refractivity contribution < 1.29 is 9.53 Å². The molecule has 0 unspecified atom stereocenters. The largest absolute Gasteiger partial charge is 0.462 e. The minimum absolute atomic E-state index is 0.0824. The number of ether oxygens (including phenoxy) is 1. The van der Waals surface area contributed by atoms with Crippen LogP contribution in [0.15, 0.2) is 59.8 Å². The predicted molar refractivity (Wildman–Crippen MR) is 119 cm³/mol. The molecule has 1 N–H and O–H groups in total. The fraction of sp³-hybridized carbons (Fsp3) is 0.348. The molecule has 1 heterocycles. The van der Waals surface area contributed by atoms with Gasteiger partial charge in [0.1, 0.15) is 6.10 Å². The Morgan fingerprint density at radius 3 is 2.60 bits per heavy atom. The van der Waals surface area contributed by atoms with E-state index in [4.69, 9.17) is 4.74 Å². The number of thioether (sulfide) groups is 1. The molecular weight excluding hydrogens is 396 g/mol. The van der Waals surface area contributed by atoms with Crippen molar-refractivity contribution in [2.75, 3.05) is 11.1 Å². The van der Waals surface area contributed by atoms with Crippen molar-refractivity contribution in [3.8, 4) is 5.69 Å². The van der Waals surface area contributed by atoms with Crippen LogP contribution in [0.5, 0.6) is 0 Å². The molecule has 1 saturated carbocycles. The Balaban J connectivity index is 1.49. The number of para-hydroxylation sites is 2. The van der Waals surface area contributed by atoms with Gasteiger partial charge in [-0.05, 0) is 56.4 Å². The van der Waals surface area contributed by atoms with Crippen molar-refractivity contribution in [1.82, 2.24) is 14.8 Å².